The van der Waals surface area contributed by atoms with Crippen molar-refractivity contribution in [3.05, 3.63) is 34.6 Å². The smallest absolute Gasteiger partial charge is 0.239 e. The van der Waals surface area contributed by atoms with Crippen LogP contribution in [0, 0.1) is 5.82 Å². The first-order chi connectivity index (χ1) is 9.06. The first-order valence-electron chi connectivity index (χ1n) is 6.04. The third-order valence-corrected chi connectivity index (χ3v) is 3.27. The molecule has 0 aromatic heterocycles. The van der Waals surface area contributed by atoms with Crippen molar-refractivity contribution >= 4 is 23.4 Å². The van der Waals surface area contributed by atoms with Crippen molar-refractivity contribution in [2.75, 3.05) is 13.1 Å². The lowest BCUT2D eigenvalue weighted by Gasteiger charge is -2.15. The third-order valence-electron chi connectivity index (χ3n) is 2.98. The van der Waals surface area contributed by atoms with Gasteiger partial charge in [0.25, 0.3) is 0 Å². The van der Waals surface area contributed by atoms with E-state index in [0.29, 0.717) is 18.5 Å². The third kappa shape index (κ3) is 3.67. The molecule has 1 heterocycles. The van der Waals surface area contributed by atoms with Crippen molar-refractivity contribution < 1.29 is 14.0 Å². The monoisotopic (exact) mass is 284 g/mol. The van der Waals surface area contributed by atoms with Crippen molar-refractivity contribution in [2.45, 2.75) is 19.4 Å². The summed E-state index contributed by atoms with van der Waals surface area (Å²) in [5.41, 5.74) is 0.715. The Kier molecular flexibility index (Phi) is 4.37. The molecule has 1 aromatic carbocycles. The van der Waals surface area contributed by atoms with Crippen LogP contribution in [0.2, 0.25) is 5.02 Å². The number of carbonyl (C=O) groups excluding carboxylic acids is 2. The Morgan fingerprint density at radius 2 is 2.26 bits per heavy atom. The molecule has 6 heteroatoms. The number of rotatable bonds is 4. The van der Waals surface area contributed by atoms with Crippen LogP contribution in [-0.2, 0) is 16.1 Å². The Bertz CT molecular complexity index is 507. The van der Waals surface area contributed by atoms with E-state index in [1.54, 1.807) is 6.07 Å². The number of benzene rings is 1. The Morgan fingerprint density at radius 3 is 2.89 bits per heavy atom. The van der Waals surface area contributed by atoms with Crippen LogP contribution in [0.5, 0.6) is 0 Å². The fraction of sp³-hybridized carbons (Fsp3) is 0.385. The summed E-state index contributed by atoms with van der Waals surface area (Å²) >= 11 is 5.65. The Balaban J connectivity index is 1.82. The van der Waals surface area contributed by atoms with Gasteiger partial charge in [-0.2, -0.15) is 0 Å². The van der Waals surface area contributed by atoms with Gasteiger partial charge in [-0.1, -0.05) is 17.7 Å². The van der Waals surface area contributed by atoms with Gasteiger partial charge in [0, 0.05) is 19.5 Å². The summed E-state index contributed by atoms with van der Waals surface area (Å²) in [6.45, 7) is 0.975. The number of carbonyl (C=O) groups is 2. The second-order valence-electron chi connectivity index (χ2n) is 4.44. The summed E-state index contributed by atoms with van der Waals surface area (Å²) in [5, 5.41) is 2.71. The lowest BCUT2D eigenvalue weighted by Crippen LogP contribution is -2.37. The molecule has 0 aliphatic carbocycles. The van der Waals surface area contributed by atoms with Crippen molar-refractivity contribution in [3.63, 3.8) is 0 Å². The van der Waals surface area contributed by atoms with Gasteiger partial charge in [0.15, 0.2) is 0 Å². The van der Waals surface area contributed by atoms with Gasteiger partial charge in [-0.3, -0.25) is 9.59 Å². The molecule has 0 unspecified atom stereocenters. The minimum absolute atomic E-state index is 0.0139. The number of likely N-dealkylation sites (tertiary alicyclic amines) is 1. The highest BCUT2D eigenvalue weighted by atomic mass is 35.5. The van der Waals surface area contributed by atoms with Gasteiger partial charge in [-0.25, -0.2) is 4.39 Å². The molecule has 1 aliphatic heterocycles. The predicted molar refractivity (Wildman–Crippen MR) is 69.1 cm³/mol. The molecule has 0 spiro atoms. The fourth-order valence-corrected chi connectivity index (χ4v) is 2.15. The second kappa shape index (κ2) is 6.02. The summed E-state index contributed by atoms with van der Waals surface area (Å²) in [5.74, 6) is -0.699. The van der Waals surface area contributed by atoms with E-state index in [1.165, 1.54) is 17.0 Å². The molecule has 1 saturated heterocycles. The maximum Gasteiger partial charge on any atom is 0.239 e. The van der Waals surface area contributed by atoms with E-state index in [2.05, 4.69) is 5.32 Å². The minimum Gasteiger partial charge on any atom is -0.350 e. The van der Waals surface area contributed by atoms with Crippen molar-refractivity contribution in [1.82, 2.24) is 10.2 Å². The molecule has 0 saturated carbocycles. The molecule has 0 atom stereocenters. The highest BCUT2D eigenvalue weighted by Gasteiger charge is 2.22. The molecule has 1 N–H and O–H groups in total. The van der Waals surface area contributed by atoms with Crippen LogP contribution < -0.4 is 5.32 Å². The molecule has 19 heavy (non-hydrogen) atoms. The zero-order valence-corrected chi connectivity index (χ0v) is 11.0. The normalized spacial score (nSPS) is 14.8. The van der Waals surface area contributed by atoms with Crippen LogP contribution in [0.3, 0.4) is 0 Å². The summed E-state index contributed by atoms with van der Waals surface area (Å²) in [7, 11) is 0. The Morgan fingerprint density at radius 1 is 1.47 bits per heavy atom. The van der Waals surface area contributed by atoms with Gasteiger partial charge in [0.1, 0.15) is 5.82 Å². The van der Waals surface area contributed by atoms with Gasteiger partial charge in [0.2, 0.25) is 11.8 Å². The highest BCUT2D eigenvalue weighted by molar-refractivity contribution is 6.30. The first kappa shape index (κ1) is 13.8. The SMILES string of the molecule is O=C(CN1CCCC1=O)NCc1ccc(F)c(Cl)c1. The molecule has 1 aromatic rings. The number of amides is 2. The van der Waals surface area contributed by atoms with Crippen LogP contribution in [0.4, 0.5) is 4.39 Å². The molecule has 0 radical (unpaired) electrons. The van der Waals surface area contributed by atoms with Gasteiger partial charge in [0.05, 0.1) is 11.6 Å². The zero-order valence-electron chi connectivity index (χ0n) is 10.3. The summed E-state index contributed by atoms with van der Waals surface area (Å²) in [4.78, 5) is 24.5. The molecule has 4 nitrogen and oxygen atoms in total. The number of hydrogen-bond acceptors (Lipinski definition) is 2. The van der Waals surface area contributed by atoms with E-state index in [9.17, 15) is 14.0 Å². The average molecular weight is 285 g/mol. The van der Waals surface area contributed by atoms with E-state index in [0.717, 1.165) is 6.42 Å². The van der Waals surface area contributed by atoms with Crippen molar-refractivity contribution in [2.24, 2.45) is 0 Å². The Labute approximate surface area is 115 Å². The molecule has 102 valence electrons. The maximum absolute atomic E-state index is 12.9. The molecule has 1 fully saturated rings. The highest BCUT2D eigenvalue weighted by Crippen LogP contribution is 2.15. The molecule has 1 aliphatic rings. The fourth-order valence-electron chi connectivity index (χ4n) is 1.95. The second-order valence-corrected chi connectivity index (χ2v) is 4.85. The van der Waals surface area contributed by atoms with E-state index in [4.69, 9.17) is 11.6 Å². The van der Waals surface area contributed by atoms with Crippen molar-refractivity contribution in [3.8, 4) is 0 Å². The predicted octanol–water partition coefficient (Wildman–Crippen LogP) is 1.72. The van der Waals surface area contributed by atoms with Crippen LogP contribution in [0.25, 0.3) is 0 Å². The van der Waals surface area contributed by atoms with E-state index >= 15 is 0 Å². The molecule has 2 rings (SSSR count). The van der Waals surface area contributed by atoms with Gasteiger partial charge < -0.3 is 10.2 Å². The van der Waals surface area contributed by atoms with Gasteiger partial charge in [-0.15, -0.1) is 0 Å². The van der Waals surface area contributed by atoms with Crippen LogP contribution >= 0.6 is 11.6 Å². The van der Waals surface area contributed by atoms with Gasteiger partial charge >= 0.3 is 0 Å². The number of hydrogen-bond donors (Lipinski definition) is 1. The molecular formula is C13H14ClFN2O2. The average Bonchev–Trinajstić information content (AvgIpc) is 2.77. The minimum atomic E-state index is -0.487. The number of nitrogens with zero attached hydrogens (tertiary/aromatic N) is 1. The van der Waals surface area contributed by atoms with Crippen LogP contribution in [0.1, 0.15) is 18.4 Å². The first-order valence-corrected chi connectivity index (χ1v) is 6.42. The largest absolute Gasteiger partial charge is 0.350 e. The van der Waals surface area contributed by atoms with E-state index < -0.39 is 5.82 Å². The molecule has 0 bridgehead atoms. The number of nitrogens with one attached hydrogen (secondary N) is 1. The topological polar surface area (TPSA) is 49.4 Å². The van der Waals surface area contributed by atoms with E-state index in [-0.39, 0.29) is 29.9 Å². The van der Waals surface area contributed by atoms with Crippen molar-refractivity contribution in [1.29, 1.82) is 0 Å². The Hall–Kier alpha value is -1.62. The standard InChI is InChI=1S/C13H14ClFN2O2/c14-10-6-9(3-4-11(10)15)7-16-12(18)8-17-5-1-2-13(17)19/h3-4,6H,1-2,5,7-8H2,(H,16,18). The van der Waals surface area contributed by atoms with Crippen LogP contribution in [-0.4, -0.2) is 29.8 Å². The lowest BCUT2D eigenvalue weighted by molar-refractivity contribution is -0.133. The molecular weight excluding hydrogens is 271 g/mol. The van der Waals surface area contributed by atoms with E-state index in [1.807, 2.05) is 0 Å². The quantitative estimate of drug-likeness (QED) is 0.915. The van der Waals surface area contributed by atoms with Crippen LogP contribution in [0.15, 0.2) is 18.2 Å². The number of halogens is 2. The summed E-state index contributed by atoms with van der Waals surface area (Å²) in [6, 6.07) is 4.29. The van der Waals surface area contributed by atoms with Gasteiger partial charge in [-0.05, 0) is 24.1 Å². The maximum atomic E-state index is 12.9. The molecule has 2 amide bonds. The lowest BCUT2D eigenvalue weighted by atomic mass is 10.2. The zero-order chi connectivity index (χ0) is 13.8. The summed E-state index contributed by atoms with van der Waals surface area (Å²) in [6.07, 6.45) is 1.32. The summed E-state index contributed by atoms with van der Waals surface area (Å²) < 4.78 is 12.9.